The van der Waals surface area contributed by atoms with Crippen molar-refractivity contribution in [1.82, 2.24) is 15.2 Å². The molecule has 7 heteroatoms. The van der Waals surface area contributed by atoms with E-state index in [2.05, 4.69) is 10.3 Å². The number of nitrogens with zero attached hydrogens (tertiary/aromatic N) is 3. The highest BCUT2D eigenvalue weighted by molar-refractivity contribution is 6.29. The molecule has 1 fully saturated rings. The molecule has 1 N–H and O–H groups in total. The van der Waals surface area contributed by atoms with E-state index in [4.69, 9.17) is 16.9 Å². The molecule has 0 radical (unpaired) electrons. The smallest absolute Gasteiger partial charge is 0.319 e. The molecule has 1 aliphatic rings. The van der Waals surface area contributed by atoms with Gasteiger partial charge in [0.25, 0.3) is 5.91 Å². The summed E-state index contributed by atoms with van der Waals surface area (Å²) < 4.78 is 0. The lowest BCUT2D eigenvalue weighted by Gasteiger charge is -2.22. The lowest BCUT2D eigenvalue weighted by Crippen LogP contribution is -2.40. The second-order valence-corrected chi connectivity index (χ2v) is 6.01. The number of imide groups is 1. The molecule has 0 bridgehead atoms. The van der Waals surface area contributed by atoms with Crippen LogP contribution in [0.5, 0.6) is 0 Å². The van der Waals surface area contributed by atoms with Crippen molar-refractivity contribution in [2.75, 3.05) is 0 Å². The molecule has 2 aromatic rings. The maximum absolute atomic E-state index is 12.8. The van der Waals surface area contributed by atoms with Crippen LogP contribution in [0.3, 0.4) is 0 Å². The number of carbonyl (C=O) groups is 2. The summed E-state index contributed by atoms with van der Waals surface area (Å²) in [5, 5.41) is 11.9. The largest absolute Gasteiger partial charge is 0.325 e. The first-order chi connectivity index (χ1) is 11.4. The number of carbonyl (C=O) groups excluding carboxylic acids is 2. The van der Waals surface area contributed by atoms with Crippen molar-refractivity contribution >= 4 is 23.5 Å². The van der Waals surface area contributed by atoms with Gasteiger partial charge < -0.3 is 5.32 Å². The molecule has 6 nitrogen and oxygen atoms in total. The maximum atomic E-state index is 12.8. The van der Waals surface area contributed by atoms with Crippen molar-refractivity contribution in [3.05, 3.63) is 64.4 Å². The van der Waals surface area contributed by atoms with E-state index >= 15 is 0 Å². The van der Waals surface area contributed by atoms with Crippen LogP contribution in [-0.2, 0) is 16.9 Å². The molecule has 3 amide bonds. The zero-order valence-corrected chi connectivity index (χ0v) is 13.5. The van der Waals surface area contributed by atoms with Gasteiger partial charge in [-0.15, -0.1) is 0 Å². The molecule has 1 aromatic heterocycles. The van der Waals surface area contributed by atoms with Crippen molar-refractivity contribution in [3.8, 4) is 6.07 Å². The highest BCUT2D eigenvalue weighted by atomic mass is 35.5. The van der Waals surface area contributed by atoms with Crippen molar-refractivity contribution < 1.29 is 9.59 Å². The fourth-order valence-electron chi connectivity index (χ4n) is 2.60. The zero-order valence-electron chi connectivity index (χ0n) is 12.8. The van der Waals surface area contributed by atoms with Crippen LogP contribution in [0.15, 0.2) is 42.6 Å². The minimum absolute atomic E-state index is 0.112. The number of rotatable bonds is 3. The average Bonchev–Trinajstić information content (AvgIpc) is 2.81. The van der Waals surface area contributed by atoms with Crippen molar-refractivity contribution in [1.29, 1.82) is 5.26 Å². The average molecular weight is 341 g/mol. The molecule has 1 aliphatic heterocycles. The molecule has 1 aromatic carbocycles. The fraction of sp³-hybridized carbons (Fsp3) is 0.176. The van der Waals surface area contributed by atoms with Gasteiger partial charge in [0.05, 0.1) is 18.2 Å². The number of hydrogen-bond donors (Lipinski definition) is 1. The number of hydrogen-bond acceptors (Lipinski definition) is 4. The maximum Gasteiger partial charge on any atom is 0.325 e. The highest BCUT2D eigenvalue weighted by Gasteiger charge is 2.48. The van der Waals surface area contributed by atoms with E-state index in [0.717, 1.165) is 4.90 Å². The third kappa shape index (κ3) is 2.70. The van der Waals surface area contributed by atoms with E-state index in [-0.39, 0.29) is 12.5 Å². The van der Waals surface area contributed by atoms with Crippen molar-refractivity contribution in [3.63, 3.8) is 0 Å². The number of benzene rings is 1. The SMILES string of the molecule is CC1(c2ccc(C#N)cc2)NC(=O)N(Cc2ccc(Cl)nc2)C1=O. The van der Waals surface area contributed by atoms with Gasteiger partial charge in [0, 0.05) is 6.20 Å². The van der Waals surface area contributed by atoms with E-state index in [1.165, 1.54) is 6.20 Å². The molecular formula is C17H13ClN4O2. The van der Waals surface area contributed by atoms with Crippen LogP contribution in [0.4, 0.5) is 4.79 Å². The molecule has 1 unspecified atom stereocenters. The first-order valence-corrected chi connectivity index (χ1v) is 7.57. The van der Waals surface area contributed by atoms with Crippen LogP contribution in [0.2, 0.25) is 5.15 Å². The number of nitriles is 1. The summed E-state index contributed by atoms with van der Waals surface area (Å²) >= 11 is 5.74. The monoisotopic (exact) mass is 340 g/mol. The van der Waals surface area contributed by atoms with Gasteiger partial charge in [-0.3, -0.25) is 9.69 Å². The number of halogens is 1. The second kappa shape index (κ2) is 5.95. The third-order valence-corrected chi connectivity index (χ3v) is 4.22. The van der Waals surface area contributed by atoms with E-state index < -0.39 is 11.6 Å². The summed E-state index contributed by atoms with van der Waals surface area (Å²) in [4.78, 5) is 30.2. The number of amides is 3. The van der Waals surface area contributed by atoms with Gasteiger partial charge in [-0.2, -0.15) is 5.26 Å². The minimum Gasteiger partial charge on any atom is -0.319 e. The fourth-order valence-corrected chi connectivity index (χ4v) is 2.71. The van der Waals surface area contributed by atoms with Crippen LogP contribution in [0, 0.1) is 11.3 Å². The van der Waals surface area contributed by atoms with E-state index in [9.17, 15) is 9.59 Å². The summed E-state index contributed by atoms with van der Waals surface area (Å²) in [7, 11) is 0. The molecular weight excluding hydrogens is 328 g/mol. The third-order valence-electron chi connectivity index (χ3n) is 4.00. The molecule has 0 saturated carbocycles. The lowest BCUT2D eigenvalue weighted by atomic mass is 9.91. The molecule has 24 heavy (non-hydrogen) atoms. The van der Waals surface area contributed by atoms with Gasteiger partial charge >= 0.3 is 6.03 Å². The Morgan fingerprint density at radius 2 is 1.96 bits per heavy atom. The van der Waals surface area contributed by atoms with Gasteiger partial charge in [-0.25, -0.2) is 9.78 Å². The van der Waals surface area contributed by atoms with Gasteiger partial charge in [0.15, 0.2) is 0 Å². The van der Waals surface area contributed by atoms with E-state index in [1.807, 2.05) is 6.07 Å². The standard InChI is InChI=1S/C17H13ClN4O2/c1-17(13-5-2-11(8-19)3-6-13)15(23)22(16(24)21-17)10-12-4-7-14(18)20-9-12/h2-7,9H,10H2,1H3,(H,21,24). The van der Waals surface area contributed by atoms with Crippen LogP contribution in [0.1, 0.15) is 23.6 Å². The summed E-state index contributed by atoms with van der Waals surface area (Å²) in [5.74, 6) is -0.354. The van der Waals surface area contributed by atoms with Crippen LogP contribution < -0.4 is 5.32 Å². The van der Waals surface area contributed by atoms with E-state index in [0.29, 0.717) is 21.8 Å². The Morgan fingerprint density at radius 3 is 2.54 bits per heavy atom. The lowest BCUT2D eigenvalue weighted by molar-refractivity contribution is -0.131. The predicted octanol–water partition coefficient (Wildman–Crippen LogP) is 2.57. The predicted molar refractivity (Wildman–Crippen MR) is 86.8 cm³/mol. The van der Waals surface area contributed by atoms with Crippen molar-refractivity contribution in [2.24, 2.45) is 0 Å². The van der Waals surface area contributed by atoms with Crippen LogP contribution in [0.25, 0.3) is 0 Å². The normalized spacial score (nSPS) is 20.0. The second-order valence-electron chi connectivity index (χ2n) is 5.62. The Morgan fingerprint density at radius 1 is 1.25 bits per heavy atom. The number of nitrogens with one attached hydrogen (secondary N) is 1. The highest BCUT2D eigenvalue weighted by Crippen LogP contribution is 2.30. The molecule has 120 valence electrons. The topological polar surface area (TPSA) is 86.1 Å². The first kappa shape index (κ1) is 16.0. The van der Waals surface area contributed by atoms with Gasteiger partial charge in [-0.05, 0) is 36.2 Å². The summed E-state index contributed by atoms with van der Waals surface area (Å²) in [6, 6.07) is 11.4. The van der Waals surface area contributed by atoms with E-state index in [1.54, 1.807) is 43.3 Å². The molecule has 0 spiro atoms. The summed E-state index contributed by atoms with van der Waals surface area (Å²) in [6.45, 7) is 1.76. The van der Waals surface area contributed by atoms with Crippen molar-refractivity contribution in [2.45, 2.75) is 19.0 Å². The first-order valence-electron chi connectivity index (χ1n) is 7.19. The Kier molecular flexibility index (Phi) is 3.96. The number of urea groups is 1. The molecule has 3 rings (SSSR count). The minimum atomic E-state index is -1.16. The Labute approximate surface area is 143 Å². The number of pyridine rings is 1. The van der Waals surface area contributed by atoms with Gasteiger partial charge in [-0.1, -0.05) is 29.8 Å². The summed E-state index contributed by atoms with van der Waals surface area (Å²) in [6.07, 6.45) is 1.53. The van der Waals surface area contributed by atoms with Crippen LogP contribution in [-0.4, -0.2) is 21.8 Å². The van der Waals surface area contributed by atoms with Crippen LogP contribution >= 0.6 is 11.6 Å². The van der Waals surface area contributed by atoms with Gasteiger partial charge in [0.2, 0.25) is 0 Å². The molecule has 1 saturated heterocycles. The quantitative estimate of drug-likeness (QED) is 0.687. The molecule has 2 heterocycles. The zero-order chi connectivity index (χ0) is 17.3. The molecule has 1 atom stereocenters. The Hall–Kier alpha value is -2.91. The Bertz CT molecular complexity index is 842. The van der Waals surface area contributed by atoms with Gasteiger partial charge in [0.1, 0.15) is 10.7 Å². The Balaban J connectivity index is 1.87. The number of aromatic nitrogens is 1. The summed E-state index contributed by atoms with van der Waals surface area (Å²) in [5.41, 5.74) is 0.650. The molecule has 0 aliphatic carbocycles.